The van der Waals surface area contributed by atoms with Crippen molar-refractivity contribution >= 4 is 19.4 Å². The van der Waals surface area contributed by atoms with Crippen molar-refractivity contribution in [2.24, 2.45) is 0 Å². The number of fused-ring (bicyclic) bond motifs is 1. The molecule has 1 amide bonds. The molecule has 2 aliphatic rings. The van der Waals surface area contributed by atoms with E-state index < -0.39 is 25.6 Å². The minimum absolute atomic E-state index is 0.150. The van der Waals surface area contributed by atoms with E-state index in [4.69, 9.17) is 9.26 Å². The summed E-state index contributed by atoms with van der Waals surface area (Å²) in [7, 11) is -3.51. The van der Waals surface area contributed by atoms with Gasteiger partial charge in [0.1, 0.15) is 12.6 Å². The predicted octanol–water partition coefficient (Wildman–Crippen LogP) is 5.30. The van der Waals surface area contributed by atoms with E-state index in [9.17, 15) is 14.2 Å². The Morgan fingerprint density at radius 2 is 1.35 bits per heavy atom. The molecule has 2 aliphatic heterocycles. The van der Waals surface area contributed by atoms with E-state index in [2.05, 4.69) is 5.09 Å². The van der Waals surface area contributed by atoms with E-state index in [1.54, 1.807) is 5.01 Å². The Bertz CT molecular complexity index is 1310. The molecule has 0 spiro atoms. The number of carbonyl (C=O) groups is 2. The molecule has 2 heterocycles. The van der Waals surface area contributed by atoms with Crippen LogP contribution in [0.1, 0.15) is 42.4 Å². The van der Waals surface area contributed by atoms with Crippen LogP contribution >= 0.6 is 7.52 Å². The van der Waals surface area contributed by atoms with E-state index in [0.29, 0.717) is 25.9 Å². The first-order valence-electron chi connectivity index (χ1n) is 13.9. The van der Waals surface area contributed by atoms with Crippen molar-refractivity contribution in [3.63, 3.8) is 0 Å². The Morgan fingerprint density at radius 1 is 0.800 bits per heavy atom. The lowest BCUT2D eigenvalue weighted by molar-refractivity contribution is -0.178. The lowest BCUT2D eigenvalue weighted by Gasteiger charge is -2.42. The number of rotatable bonds is 10. The van der Waals surface area contributed by atoms with Crippen LogP contribution in [-0.4, -0.2) is 47.1 Å². The average Bonchev–Trinajstić information content (AvgIpc) is 3.14. The molecule has 0 saturated carbocycles. The number of benzene rings is 3. The zero-order valence-corrected chi connectivity index (χ0v) is 23.5. The van der Waals surface area contributed by atoms with Crippen molar-refractivity contribution < 1.29 is 23.4 Å². The molecule has 1 unspecified atom stereocenters. The molecule has 1 N–H and O–H groups in total. The van der Waals surface area contributed by atoms with Gasteiger partial charge in [0, 0.05) is 13.1 Å². The fraction of sp³-hybridized carbons (Fsp3) is 0.355. The molecule has 2 fully saturated rings. The minimum atomic E-state index is -3.51. The normalized spacial score (nSPS) is 21.2. The van der Waals surface area contributed by atoms with Crippen LogP contribution in [-0.2, 0) is 42.8 Å². The molecule has 5 rings (SSSR count). The average molecular weight is 562 g/mol. The first-order chi connectivity index (χ1) is 19.5. The van der Waals surface area contributed by atoms with Crippen molar-refractivity contribution in [3.05, 3.63) is 108 Å². The van der Waals surface area contributed by atoms with Gasteiger partial charge in [-0.25, -0.2) is 14.9 Å². The second-order valence-corrected chi connectivity index (χ2v) is 12.5. The lowest BCUT2D eigenvalue weighted by atomic mass is 10.1. The number of ether oxygens (including phenoxy) is 1. The fourth-order valence-electron chi connectivity index (χ4n) is 5.27. The summed E-state index contributed by atoms with van der Waals surface area (Å²) < 4.78 is 26.0. The highest BCUT2D eigenvalue weighted by molar-refractivity contribution is 7.56. The maximum absolute atomic E-state index is 14.3. The third-order valence-electron chi connectivity index (χ3n) is 7.29. The van der Waals surface area contributed by atoms with Crippen LogP contribution in [0.25, 0.3) is 0 Å². The summed E-state index contributed by atoms with van der Waals surface area (Å²) in [4.78, 5) is 27.2. The van der Waals surface area contributed by atoms with Crippen LogP contribution in [0.4, 0.5) is 0 Å². The van der Waals surface area contributed by atoms with Gasteiger partial charge in [0.25, 0.3) is 13.4 Å². The summed E-state index contributed by atoms with van der Waals surface area (Å²) >= 11 is 0. The lowest BCUT2D eigenvalue weighted by Crippen LogP contribution is -2.60. The maximum atomic E-state index is 14.3. The SMILES string of the molecule is O=C(OCc1ccccc1)[C@@H]1CCCN2CCC[C@H](NP(=O)(Cc3ccccc3)OCc3ccccc3)C(=O)N12. The minimum Gasteiger partial charge on any atom is -0.459 e. The molecule has 0 aliphatic carbocycles. The molecule has 0 radical (unpaired) electrons. The monoisotopic (exact) mass is 561 g/mol. The molecule has 8 nitrogen and oxygen atoms in total. The molecule has 3 atom stereocenters. The Kier molecular flexibility index (Phi) is 9.45. The third-order valence-corrected chi connectivity index (χ3v) is 9.32. The van der Waals surface area contributed by atoms with Gasteiger partial charge < -0.3 is 9.26 Å². The number of hydrazine groups is 1. The second-order valence-electron chi connectivity index (χ2n) is 10.3. The van der Waals surface area contributed by atoms with Crippen LogP contribution in [0.2, 0.25) is 0 Å². The van der Waals surface area contributed by atoms with Crippen molar-refractivity contribution in [2.45, 2.75) is 57.1 Å². The van der Waals surface area contributed by atoms with Gasteiger partial charge in [-0.1, -0.05) is 91.0 Å². The quantitative estimate of drug-likeness (QED) is 0.266. The molecule has 0 aromatic heterocycles. The summed E-state index contributed by atoms with van der Waals surface area (Å²) in [6.45, 7) is 1.63. The summed E-state index contributed by atoms with van der Waals surface area (Å²) in [5.41, 5.74) is 2.64. The first-order valence-corrected chi connectivity index (χ1v) is 15.7. The molecule has 40 heavy (non-hydrogen) atoms. The second kappa shape index (κ2) is 13.4. The molecular formula is C31H36N3O5P. The first kappa shape index (κ1) is 28.2. The summed E-state index contributed by atoms with van der Waals surface area (Å²) in [5, 5.41) is 6.67. The van der Waals surface area contributed by atoms with Gasteiger partial charge in [-0.3, -0.25) is 14.4 Å². The van der Waals surface area contributed by atoms with Crippen molar-refractivity contribution in [2.75, 3.05) is 13.1 Å². The Morgan fingerprint density at radius 3 is 1.98 bits per heavy atom. The van der Waals surface area contributed by atoms with Crippen LogP contribution in [0, 0.1) is 0 Å². The molecule has 210 valence electrons. The van der Waals surface area contributed by atoms with Gasteiger partial charge in [-0.2, -0.15) is 0 Å². The zero-order valence-electron chi connectivity index (χ0n) is 22.6. The highest BCUT2D eigenvalue weighted by atomic mass is 31.2. The largest absolute Gasteiger partial charge is 0.459 e. The van der Waals surface area contributed by atoms with E-state index in [0.717, 1.165) is 29.5 Å². The van der Waals surface area contributed by atoms with Crippen LogP contribution in [0.3, 0.4) is 0 Å². The van der Waals surface area contributed by atoms with Gasteiger partial charge >= 0.3 is 5.97 Å². The topological polar surface area (TPSA) is 88.2 Å². The van der Waals surface area contributed by atoms with Crippen molar-refractivity contribution in [1.82, 2.24) is 15.1 Å². The smallest absolute Gasteiger partial charge is 0.330 e. The molecule has 2 saturated heterocycles. The Labute approximate surface area is 235 Å². The van der Waals surface area contributed by atoms with E-state index in [1.807, 2.05) is 96.0 Å². The van der Waals surface area contributed by atoms with Gasteiger partial charge in [0.15, 0.2) is 0 Å². The fourth-order valence-corrected chi connectivity index (χ4v) is 7.29. The molecule has 0 bridgehead atoms. The van der Waals surface area contributed by atoms with E-state index in [1.165, 1.54) is 0 Å². The standard InChI is InChI=1S/C31H36N3O5P/c35-30-28(32-40(37,24-27-16-8-3-9-17-27)39-23-26-14-6-2-7-15-26)18-10-20-33-21-11-19-29(34(30)33)31(36)38-22-25-12-4-1-5-13-25/h1-9,12-17,28-29H,10-11,18-24H2,(H,32,37)/t28-,29-,40?/m0/s1. The van der Waals surface area contributed by atoms with E-state index in [-0.39, 0.29) is 25.3 Å². The summed E-state index contributed by atoms with van der Waals surface area (Å²) in [6, 6.07) is 27.1. The predicted molar refractivity (Wildman–Crippen MR) is 153 cm³/mol. The molecule has 9 heteroatoms. The summed E-state index contributed by atoms with van der Waals surface area (Å²) in [5.74, 6) is -0.689. The van der Waals surface area contributed by atoms with Crippen molar-refractivity contribution in [1.29, 1.82) is 0 Å². The summed E-state index contributed by atoms with van der Waals surface area (Å²) in [6.07, 6.45) is 2.67. The number of nitrogens with zero attached hydrogens (tertiary/aromatic N) is 2. The number of esters is 1. The van der Waals surface area contributed by atoms with Gasteiger partial charge in [-0.15, -0.1) is 0 Å². The number of hydrogen-bond donors (Lipinski definition) is 1. The number of carbonyl (C=O) groups excluding carboxylic acids is 2. The highest BCUT2D eigenvalue weighted by Crippen LogP contribution is 2.48. The number of nitrogens with one attached hydrogen (secondary N) is 1. The number of hydrogen-bond acceptors (Lipinski definition) is 6. The molecule has 3 aromatic carbocycles. The van der Waals surface area contributed by atoms with Crippen LogP contribution < -0.4 is 5.09 Å². The zero-order chi connectivity index (χ0) is 27.8. The van der Waals surface area contributed by atoms with Crippen molar-refractivity contribution in [3.8, 4) is 0 Å². The van der Waals surface area contributed by atoms with Gasteiger partial charge in [0.2, 0.25) is 0 Å². The Hall–Kier alpha value is -3.29. The molecular weight excluding hydrogens is 525 g/mol. The Balaban J connectivity index is 1.33. The van der Waals surface area contributed by atoms with Crippen LogP contribution in [0.15, 0.2) is 91.0 Å². The van der Waals surface area contributed by atoms with Gasteiger partial charge in [0.05, 0.1) is 18.8 Å². The maximum Gasteiger partial charge on any atom is 0.330 e. The third kappa shape index (κ3) is 7.26. The van der Waals surface area contributed by atoms with Gasteiger partial charge in [-0.05, 0) is 42.4 Å². The van der Waals surface area contributed by atoms with E-state index >= 15 is 0 Å². The highest BCUT2D eigenvalue weighted by Gasteiger charge is 2.44. The van der Waals surface area contributed by atoms with Crippen LogP contribution in [0.5, 0.6) is 0 Å². The molecule has 3 aromatic rings. The number of amides is 1.